The number of carbonyl (C=O) groups excluding carboxylic acids is 1. The third-order valence-corrected chi connectivity index (χ3v) is 4.02. The van der Waals surface area contributed by atoms with Gasteiger partial charge in [0.05, 0.1) is 6.10 Å². The van der Waals surface area contributed by atoms with E-state index in [1.54, 1.807) is 0 Å². The van der Waals surface area contributed by atoms with Gasteiger partial charge in [-0.3, -0.25) is 4.79 Å². The van der Waals surface area contributed by atoms with Crippen molar-refractivity contribution in [1.82, 2.24) is 4.90 Å². The zero-order valence-corrected chi connectivity index (χ0v) is 10.6. The second kappa shape index (κ2) is 6.36. The number of nitrogens with two attached hydrogens (primary N) is 1. The molecule has 0 aromatic heterocycles. The Morgan fingerprint density at radius 1 is 1.18 bits per heavy atom. The lowest BCUT2D eigenvalue weighted by Crippen LogP contribution is -2.39. The second-order valence-electron chi connectivity index (χ2n) is 5.22. The van der Waals surface area contributed by atoms with Crippen molar-refractivity contribution >= 4 is 5.91 Å². The van der Waals surface area contributed by atoms with Gasteiger partial charge in [-0.05, 0) is 44.6 Å². The number of nitrogens with zero attached hydrogens (tertiary/aromatic N) is 1. The summed E-state index contributed by atoms with van der Waals surface area (Å²) in [6, 6.07) is 0. The molecule has 1 amide bonds. The van der Waals surface area contributed by atoms with E-state index < -0.39 is 0 Å². The highest BCUT2D eigenvalue weighted by Gasteiger charge is 2.28. The number of carbonyl (C=O) groups is 1. The Morgan fingerprint density at radius 3 is 2.65 bits per heavy atom. The Bertz CT molecular complexity index is 252. The first-order valence-corrected chi connectivity index (χ1v) is 6.90. The van der Waals surface area contributed by atoms with E-state index >= 15 is 0 Å². The van der Waals surface area contributed by atoms with Gasteiger partial charge >= 0.3 is 0 Å². The maximum atomic E-state index is 11.9. The van der Waals surface area contributed by atoms with Crippen LogP contribution in [-0.4, -0.2) is 43.2 Å². The van der Waals surface area contributed by atoms with Gasteiger partial charge in [0, 0.05) is 13.1 Å². The first kappa shape index (κ1) is 12.8. The maximum Gasteiger partial charge on any atom is 0.248 e. The number of amides is 1. The smallest absolute Gasteiger partial charge is 0.248 e. The molecule has 4 nitrogen and oxygen atoms in total. The largest absolute Gasteiger partial charge is 0.368 e. The Labute approximate surface area is 103 Å². The molecule has 1 aliphatic carbocycles. The van der Waals surface area contributed by atoms with E-state index in [1.165, 1.54) is 12.8 Å². The molecule has 0 aromatic rings. The van der Waals surface area contributed by atoms with Gasteiger partial charge in [0.2, 0.25) is 5.91 Å². The van der Waals surface area contributed by atoms with Crippen molar-refractivity contribution in [3.05, 3.63) is 0 Å². The highest BCUT2D eigenvalue weighted by Crippen LogP contribution is 2.27. The molecule has 0 bridgehead atoms. The number of likely N-dealkylation sites (tertiary alicyclic amines) is 1. The summed E-state index contributed by atoms with van der Waals surface area (Å²) in [7, 11) is 0. The Morgan fingerprint density at radius 2 is 1.94 bits per heavy atom. The molecular formula is C13H24N2O2. The van der Waals surface area contributed by atoms with Crippen molar-refractivity contribution in [2.24, 2.45) is 11.7 Å². The van der Waals surface area contributed by atoms with Crippen LogP contribution in [0.15, 0.2) is 0 Å². The van der Waals surface area contributed by atoms with E-state index in [4.69, 9.17) is 10.5 Å². The van der Waals surface area contributed by atoms with Crippen LogP contribution in [0.4, 0.5) is 0 Å². The molecule has 1 aliphatic heterocycles. The first-order valence-electron chi connectivity index (χ1n) is 6.90. The van der Waals surface area contributed by atoms with Gasteiger partial charge in [0.25, 0.3) is 0 Å². The molecule has 1 saturated carbocycles. The van der Waals surface area contributed by atoms with Gasteiger partial charge in [-0.2, -0.15) is 0 Å². The predicted octanol–water partition coefficient (Wildman–Crippen LogP) is 1.14. The lowest BCUT2D eigenvalue weighted by molar-refractivity contribution is -0.139. The maximum absolute atomic E-state index is 11.9. The SMILES string of the molecule is NCC1CCCC1OCC(=O)N1CCCCC1. The molecule has 2 unspecified atom stereocenters. The molecule has 1 saturated heterocycles. The van der Waals surface area contributed by atoms with Gasteiger partial charge in [-0.25, -0.2) is 0 Å². The topological polar surface area (TPSA) is 55.6 Å². The van der Waals surface area contributed by atoms with Gasteiger partial charge in [0.1, 0.15) is 6.61 Å². The summed E-state index contributed by atoms with van der Waals surface area (Å²) in [5, 5.41) is 0. The third-order valence-electron chi connectivity index (χ3n) is 4.02. The molecule has 2 aliphatic rings. The van der Waals surface area contributed by atoms with Crippen molar-refractivity contribution in [3.63, 3.8) is 0 Å². The minimum atomic E-state index is 0.160. The quantitative estimate of drug-likeness (QED) is 0.802. The first-order chi connectivity index (χ1) is 8.31. The Hall–Kier alpha value is -0.610. The molecule has 2 atom stereocenters. The van der Waals surface area contributed by atoms with Gasteiger partial charge in [0.15, 0.2) is 0 Å². The van der Waals surface area contributed by atoms with Gasteiger partial charge in [-0.15, -0.1) is 0 Å². The molecule has 2 N–H and O–H groups in total. The number of piperidine rings is 1. The molecule has 2 rings (SSSR count). The molecule has 0 aromatic carbocycles. The summed E-state index contributed by atoms with van der Waals surface area (Å²) in [5.41, 5.74) is 5.70. The van der Waals surface area contributed by atoms with Crippen LogP contribution in [-0.2, 0) is 9.53 Å². The number of rotatable bonds is 4. The molecule has 98 valence electrons. The van der Waals surface area contributed by atoms with E-state index in [1.807, 2.05) is 4.90 Å². The summed E-state index contributed by atoms with van der Waals surface area (Å²) in [6.45, 7) is 2.75. The van der Waals surface area contributed by atoms with Crippen molar-refractivity contribution in [2.75, 3.05) is 26.2 Å². The van der Waals surface area contributed by atoms with E-state index in [0.29, 0.717) is 12.5 Å². The Kier molecular flexibility index (Phi) is 4.80. The van der Waals surface area contributed by atoms with Crippen LogP contribution < -0.4 is 5.73 Å². The van der Waals surface area contributed by atoms with Crippen LogP contribution in [0.5, 0.6) is 0 Å². The fraction of sp³-hybridized carbons (Fsp3) is 0.923. The summed E-state index contributed by atoms with van der Waals surface area (Å²) < 4.78 is 5.75. The van der Waals surface area contributed by atoms with Crippen molar-refractivity contribution < 1.29 is 9.53 Å². The number of hydrogen-bond donors (Lipinski definition) is 1. The molecule has 2 fully saturated rings. The minimum absolute atomic E-state index is 0.160. The molecule has 0 spiro atoms. The van der Waals surface area contributed by atoms with Crippen molar-refractivity contribution in [1.29, 1.82) is 0 Å². The van der Waals surface area contributed by atoms with Crippen LogP contribution >= 0.6 is 0 Å². The second-order valence-corrected chi connectivity index (χ2v) is 5.22. The van der Waals surface area contributed by atoms with E-state index in [-0.39, 0.29) is 18.6 Å². The van der Waals surface area contributed by atoms with Crippen molar-refractivity contribution in [2.45, 2.75) is 44.6 Å². The van der Waals surface area contributed by atoms with Crippen LogP contribution in [0.2, 0.25) is 0 Å². The minimum Gasteiger partial charge on any atom is -0.368 e. The highest BCUT2D eigenvalue weighted by atomic mass is 16.5. The van der Waals surface area contributed by atoms with E-state index in [9.17, 15) is 4.79 Å². The monoisotopic (exact) mass is 240 g/mol. The zero-order valence-electron chi connectivity index (χ0n) is 10.6. The average Bonchev–Trinajstić information content (AvgIpc) is 2.84. The third kappa shape index (κ3) is 3.42. The molecular weight excluding hydrogens is 216 g/mol. The van der Waals surface area contributed by atoms with Crippen LogP contribution in [0.3, 0.4) is 0 Å². The summed E-state index contributed by atoms with van der Waals surface area (Å²) in [5.74, 6) is 0.622. The van der Waals surface area contributed by atoms with E-state index in [2.05, 4.69) is 0 Å². The molecule has 0 radical (unpaired) electrons. The standard InChI is InChI=1S/C13H24N2O2/c14-9-11-5-4-6-12(11)17-10-13(16)15-7-2-1-3-8-15/h11-12H,1-10,14H2. The van der Waals surface area contributed by atoms with Crippen LogP contribution in [0, 0.1) is 5.92 Å². The normalized spacial score (nSPS) is 29.6. The number of hydrogen-bond acceptors (Lipinski definition) is 3. The average molecular weight is 240 g/mol. The fourth-order valence-electron chi connectivity index (χ4n) is 2.90. The predicted molar refractivity (Wildman–Crippen MR) is 66.6 cm³/mol. The Balaban J connectivity index is 1.71. The zero-order chi connectivity index (χ0) is 12.1. The van der Waals surface area contributed by atoms with Crippen LogP contribution in [0.25, 0.3) is 0 Å². The summed E-state index contributed by atoms with van der Waals surface area (Å²) in [6.07, 6.45) is 7.15. The van der Waals surface area contributed by atoms with Gasteiger partial charge in [-0.1, -0.05) is 6.42 Å². The van der Waals surface area contributed by atoms with E-state index in [0.717, 1.165) is 38.8 Å². The molecule has 17 heavy (non-hydrogen) atoms. The summed E-state index contributed by atoms with van der Waals surface area (Å²) in [4.78, 5) is 13.9. The molecule has 4 heteroatoms. The molecule has 1 heterocycles. The van der Waals surface area contributed by atoms with Crippen LogP contribution in [0.1, 0.15) is 38.5 Å². The number of ether oxygens (including phenoxy) is 1. The van der Waals surface area contributed by atoms with Crippen molar-refractivity contribution in [3.8, 4) is 0 Å². The fourth-order valence-corrected chi connectivity index (χ4v) is 2.90. The lowest BCUT2D eigenvalue weighted by Gasteiger charge is -2.27. The summed E-state index contributed by atoms with van der Waals surface area (Å²) >= 11 is 0. The lowest BCUT2D eigenvalue weighted by atomic mass is 10.1. The van der Waals surface area contributed by atoms with Gasteiger partial charge < -0.3 is 15.4 Å². The highest BCUT2D eigenvalue weighted by molar-refractivity contribution is 5.77.